The van der Waals surface area contributed by atoms with Gasteiger partial charge in [0.1, 0.15) is 5.75 Å². The summed E-state index contributed by atoms with van der Waals surface area (Å²) in [5.74, 6) is -0.119. The largest absolute Gasteiger partial charge is 0.494 e. The van der Waals surface area contributed by atoms with Crippen molar-refractivity contribution in [1.82, 2.24) is 0 Å². The van der Waals surface area contributed by atoms with Crippen LogP contribution in [0.15, 0.2) is 48.5 Å². The lowest BCUT2D eigenvalue weighted by Crippen LogP contribution is -2.14. The molecule has 0 saturated carbocycles. The molecule has 2 rings (SSSR count). The molecular formula is C28H39NO8. The quantitative estimate of drug-likeness (QED) is 0.176. The summed E-state index contributed by atoms with van der Waals surface area (Å²) in [6.07, 6.45) is 2.09. The summed E-state index contributed by atoms with van der Waals surface area (Å²) in [6.45, 7) is 6.79. The number of nitrogens with one attached hydrogen (secondary N) is 1. The van der Waals surface area contributed by atoms with Crippen molar-refractivity contribution in [2.75, 3.05) is 71.3 Å². The number of carbonyl (C=O) groups excluding carboxylic acids is 1. The molecule has 2 N–H and O–H groups in total. The monoisotopic (exact) mass is 517 g/mol. The Morgan fingerprint density at radius 2 is 1.22 bits per heavy atom. The van der Waals surface area contributed by atoms with Crippen LogP contribution in [0.4, 0.5) is 5.69 Å². The van der Waals surface area contributed by atoms with E-state index in [0.29, 0.717) is 70.5 Å². The minimum Gasteiger partial charge on any atom is -0.494 e. The second-order valence-electron chi connectivity index (χ2n) is 8.15. The van der Waals surface area contributed by atoms with Crippen LogP contribution in [-0.2, 0) is 23.7 Å². The molecule has 37 heavy (non-hydrogen) atoms. The number of carboxylic acids is 1. The first-order chi connectivity index (χ1) is 18.1. The zero-order chi connectivity index (χ0) is 26.6. The van der Waals surface area contributed by atoms with E-state index in [1.807, 2.05) is 36.4 Å². The van der Waals surface area contributed by atoms with Crippen LogP contribution in [0, 0.1) is 0 Å². The third kappa shape index (κ3) is 13.8. The fraction of sp³-hybridized carbons (Fsp3) is 0.500. The summed E-state index contributed by atoms with van der Waals surface area (Å²) in [5.41, 5.74) is 2.18. The number of ether oxygens (including phenoxy) is 5. The highest BCUT2D eigenvalue weighted by Gasteiger charge is 2.09. The van der Waals surface area contributed by atoms with Gasteiger partial charge in [-0.2, -0.15) is 0 Å². The molecule has 2 aromatic rings. The molecule has 0 saturated heterocycles. The molecule has 0 unspecified atom stereocenters. The molecule has 0 atom stereocenters. The third-order valence-electron chi connectivity index (χ3n) is 5.18. The number of carbonyl (C=O) groups is 2. The molecule has 9 nitrogen and oxygen atoms in total. The van der Waals surface area contributed by atoms with Gasteiger partial charge in [0.15, 0.2) is 5.78 Å². The SMILES string of the molecule is CCCCOc1ccc(C(=O)c2ccc(NCCOCCOCCOCCOCCC(=O)O)cc2)cc1. The molecule has 0 aliphatic carbocycles. The van der Waals surface area contributed by atoms with Gasteiger partial charge in [-0.25, -0.2) is 0 Å². The van der Waals surface area contributed by atoms with Crippen molar-refractivity contribution in [3.05, 3.63) is 59.7 Å². The average Bonchev–Trinajstić information content (AvgIpc) is 2.91. The van der Waals surface area contributed by atoms with E-state index in [0.717, 1.165) is 24.3 Å². The van der Waals surface area contributed by atoms with Crippen LogP contribution < -0.4 is 10.1 Å². The van der Waals surface area contributed by atoms with Crippen molar-refractivity contribution in [1.29, 1.82) is 0 Å². The summed E-state index contributed by atoms with van der Waals surface area (Å²) in [4.78, 5) is 23.1. The predicted molar refractivity (Wildman–Crippen MR) is 141 cm³/mol. The Morgan fingerprint density at radius 1 is 0.703 bits per heavy atom. The molecule has 0 bridgehead atoms. The van der Waals surface area contributed by atoms with E-state index < -0.39 is 5.97 Å². The molecule has 0 aliphatic rings. The number of aliphatic carboxylic acids is 1. The van der Waals surface area contributed by atoms with Gasteiger partial charge in [0.25, 0.3) is 0 Å². The molecule has 0 aliphatic heterocycles. The lowest BCUT2D eigenvalue weighted by Gasteiger charge is -2.09. The summed E-state index contributed by atoms with van der Waals surface area (Å²) in [5, 5.41) is 11.8. The molecule has 0 spiro atoms. The van der Waals surface area contributed by atoms with Crippen LogP contribution in [0.3, 0.4) is 0 Å². The van der Waals surface area contributed by atoms with Crippen molar-refractivity contribution in [2.24, 2.45) is 0 Å². The highest BCUT2D eigenvalue weighted by molar-refractivity contribution is 6.09. The van der Waals surface area contributed by atoms with Gasteiger partial charge in [-0.15, -0.1) is 0 Å². The Hall–Kier alpha value is -2.98. The zero-order valence-electron chi connectivity index (χ0n) is 21.6. The molecule has 0 heterocycles. The minimum absolute atomic E-state index is 0.00255. The predicted octanol–water partition coefficient (Wildman–Crippen LogP) is 4.05. The van der Waals surface area contributed by atoms with Crippen LogP contribution in [-0.4, -0.2) is 82.9 Å². The molecular weight excluding hydrogens is 478 g/mol. The average molecular weight is 518 g/mol. The van der Waals surface area contributed by atoms with Crippen LogP contribution in [0.5, 0.6) is 5.75 Å². The summed E-state index contributed by atoms with van der Waals surface area (Å²) < 4.78 is 27.1. The number of unbranched alkanes of at least 4 members (excludes halogenated alkanes) is 1. The lowest BCUT2D eigenvalue weighted by atomic mass is 10.0. The van der Waals surface area contributed by atoms with Crippen LogP contribution in [0.2, 0.25) is 0 Å². The number of hydrogen-bond donors (Lipinski definition) is 2. The van der Waals surface area contributed by atoms with Crippen molar-refractivity contribution < 1.29 is 38.4 Å². The molecule has 204 valence electrons. The van der Waals surface area contributed by atoms with E-state index in [4.69, 9.17) is 28.8 Å². The van der Waals surface area contributed by atoms with Crippen LogP contribution in [0.1, 0.15) is 42.1 Å². The Balaban J connectivity index is 1.49. The van der Waals surface area contributed by atoms with E-state index in [9.17, 15) is 9.59 Å². The van der Waals surface area contributed by atoms with Gasteiger partial charge < -0.3 is 34.1 Å². The number of anilines is 1. The zero-order valence-corrected chi connectivity index (χ0v) is 21.6. The van der Waals surface area contributed by atoms with Crippen LogP contribution in [0.25, 0.3) is 0 Å². The van der Waals surface area contributed by atoms with E-state index in [-0.39, 0.29) is 18.8 Å². The standard InChI is InChI=1S/C28H39NO8/c1-2-3-14-37-26-10-6-24(7-11-26)28(32)23-4-8-25(9-5-23)29-13-16-34-18-20-36-22-21-35-19-17-33-15-12-27(30)31/h4-11,29H,2-3,12-22H2,1H3,(H,30,31). The Labute approximate surface area is 219 Å². The first-order valence-corrected chi connectivity index (χ1v) is 12.7. The second kappa shape index (κ2) is 19.2. The highest BCUT2D eigenvalue weighted by atomic mass is 16.6. The lowest BCUT2D eigenvalue weighted by molar-refractivity contribution is -0.138. The van der Waals surface area contributed by atoms with Gasteiger partial charge in [0.05, 0.1) is 65.9 Å². The van der Waals surface area contributed by atoms with Gasteiger partial charge in [-0.1, -0.05) is 13.3 Å². The Bertz CT molecular complexity index is 886. The fourth-order valence-electron chi connectivity index (χ4n) is 3.13. The normalized spacial score (nSPS) is 10.8. The molecule has 2 aromatic carbocycles. The molecule has 9 heteroatoms. The number of rotatable bonds is 22. The Morgan fingerprint density at radius 3 is 1.76 bits per heavy atom. The maximum Gasteiger partial charge on any atom is 0.305 e. The van der Waals surface area contributed by atoms with E-state index in [1.54, 1.807) is 12.1 Å². The Kier molecular flexibility index (Phi) is 15.7. The van der Waals surface area contributed by atoms with Gasteiger partial charge in [0, 0.05) is 23.4 Å². The summed E-state index contributed by atoms with van der Waals surface area (Å²) >= 11 is 0. The highest BCUT2D eigenvalue weighted by Crippen LogP contribution is 2.17. The molecule has 0 amide bonds. The van der Waals surface area contributed by atoms with Crippen molar-refractivity contribution in [3.63, 3.8) is 0 Å². The second-order valence-corrected chi connectivity index (χ2v) is 8.15. The maximum absolute atomic E-state index is 12.7. The maximum atomic E-state index is 12.7. The van der Waals surface area contributed by atoms with Crippen molar-refractivity contribution >= 4 is 17.4 Å². The molecule has 0 radical (unpaired) electrons. The number of hydrogen-bond acceptors (Lipinski definition) is 8. The first kappa shape index (κ1) is 30.2. The minimum atomic E-state index is -0.874. The smallest absolute Gasteiger partial charge is 0.305 e. The van der Waals surface area contributed by atoms with Gasteiger partial charge in [0.2, 0.25) is 0 Å². The third-order valence-corrected chi connectivity index (χ3v) is 5.18. The topological polar surface area (TPSA) is 113 Å². The first-order valence-electron chi connectivity index (χ1n) is 12.7. The number of benzene rings is 2. The van der Waals surface area contributed by atoms with E-state index in [1.165, 1.54) is 0 Å². The summed E-state index contributed by atoms with van der Waals surface area (Å²) in [6, 6.07) is 14.7. The molecule has 0 aromatic heterocycles. The number of carboxylic acid groups (broad SMARTS) is 1. The summed E-state index contributed by atoms with van der Waals surface area (Å²) in [7, 11) is 0. The van der Waals surface area contributed by atoms with E-state index >= 15 is 0 Å². The van der Waals surface area contributed by atoms with E-state index in [2.05, 4.69) is 12.2 Å². The fourth-order valence-corrected chi connectivity index (χ4v) is 3.13. The van der Waals surface area contributed by atoms with Crippen molar-refractivity contribution in [3.8, 4) is 5.75 Å². The van der Waals surface area contributed by atoms with Crippen molar-refractivity contribution in [2.45, 2.75) is 26.2 Å². The van der Waals surface area contributed by atoms with Gasteiger partial charge >= 0.3 is 5.97 Å². The van der Waals surface area contributed by atoms with Crippen LogP contribution >= 0.6 is 0 Å². The number of ketones is 1. The van der Waals surface area contributed by atoms with Gasteiger partial charge in [-0.3, -0.25) is 9.59 Å². The molecule has 0 fully saturated rings. The van der Waals surface area contributed by atoms with Gasteiger partial charge in [-0.05, 0) is 55.0 Å².